The molecule has 0 saturated heterocycles. The first kappa shape index (κ1) is 14.3. The molecule has 0 bridgehead atoms. The molecule has 1 N–H and O–H groups in total. The van der Waals surface area contributed by atoms with Crippen LogP contribution in [0.5, 0.6) is 0 Å². The minimum Gasteiger partial charge on any atom is -0.476 e. The van der Waals surface area contributed by atoms with Crippen LogP contribution in [0.1, 0.15) is 23.1 Å². The second kappa shape index (κ2) is 5.48. The van der Waals surface area contributed by atoms with E-state index in [1.54, 1.807) is 12.1 Å². The highest BCUT2D eigenvalue weighted by Gasteiger charge is 2.21. The van der Waals surface area contributed by atoms with E-state index in [9.17, 15) is 4.79 Å². The molecule has 1 aromatic carbocycles. The Morgan fingerprint density at radius 2 is 2.00 bits per heavy atom. The normalized spacial score (nSPS) is 10.7. The highest BCUT2D eigenvalue weighted by Crippen LogP contribution is 2.33. The summed E-state index contributed by atoms with van der Waals surface area (Å²) in [5, 5.41) is 17.2. The van der Waals surface area contributed by atoms with Crippen molar-refractivity contribution < 1.29 is 9.90 Å². The van der Waals surface area contributed by atoms with Gasteiger partial charge in [-0.05, 0) is 18.6 Å². The highest BCUT2D eigenvalue weighted by atomic mass is 79.9. The number of benzene rings is 1. The van der Waals surface area contributed by atoms with Crippen LogP contribution in [0.25, 0.3) is 5.69 Å². The molecule has 8 heteroatoms. The number of halogens is 3. The van der Waals surface area contributed by atoms with Crippen molar-refractivity contribution in [2.75, 3.05) is 0 Å². The minimum absolute atomic E-state index is 0.0995. The van der Waals surface area contributed by atoms with E-state index < -0.39 is 5.97 Å². The first-order valence-corrected chi connectivity index (χ1v) is 6.83. The van der Waals surface area contributed by atoms with Gasteiger partial charge in [-0.1, -0.05) is 51.3 Å². The molecule has 0 amide bonds. The Hall–Kier alpha value is -1.11. The van der Waals surface area contributed by atoms with Gasteiger partial charge in [-0.15, -0.1) is 5.10 Å². The number of carboxylic acids is 1. The number of aromatic carboxylic acids is 1. The number of aromatic nitrogens is 3. The summed E-state index contributed by atoms with van der Waals surface area (Å²) >= 11 is 15.5. The van der Waals surface area contributed by atoms with Crippen molar-refractivity contribution in [3.63, 3.8) is 0 Å². The van der Waals surface area contributed by atoms with Gasteiger partial charge in [0.2, 0.25) is 0 Å². The number of hydrogen-bond donors (Lipinski definition) is 1. The van der Waals surface area contributed by atoms with Gasteiger partial charge >= 0.3 is 5.97 Å². The molecule has 0 spiro atoms. The van der Waals surface area contributed by atoms with Crippen molar-refractivity contribution in [1.29, 1.82) is 0 Å². The molecule has 1 aromatic heterocycles. The van der Waals surface area contributed by atoms with Crippen LogP contribution in [0.15, 0.2) is 16.6 Å². The lowest BCUT2D eigenvalue weighted by molar-refractivity contribution is 0.0689. The van der Waals surface area contributed by atoms with Crippen LogP contribution in [-0.2, 0) is 6.42 Å². The first-order chi connectivity index (χ1) is 8.95. The fraction of sp³-hybridized carbons (Fsp3) is 0.182. The average Bonchev–Trinajstić information content (AvgIpc) is 2.71. The Balaban J connectivity index is 2.69. The summed E-state index contributed by atoms with van der Waals surface area (Å²) in [5.74, 6) is -1.13. The van der Waals surface area contributed by atoms with E-state index in [2.05, 4.69) is 26.2 Å². The monoisotopic (exact) mass is 363 g/mol. The smallest absolute Gasteiger partial charge is 0.358 e. The third-order valence-electron chi connectivity index (χ3n) is 2.49. The molecule has 0 saturated carbocycles. The largest absolute Gasteiger partial charge is 0.476 e. The Bertz CT molecular complexity index is 634. The highest BCUT2D eigenvalue weighted by molar-refractivity contribution is 9.10. The fourth-order valence-electron chi connectivity index (χ4n) is 1.70. The predicted molar refractivity (Wildman–Crippen MR) is 75.4 cm³/mol. The zero-order valence-electron chi connectivity index (χ0n) is 9.69. The third kappa shape index (κ3) is 2.61. The maximum Gasteiger partial charge on any atom is 0.358 e. The van der Waals surface area contributed by atoms with Gasteiger partial charge in [-0.25, -0.2) is 9.48 Å². The quantitative estimate of drug-likeness (QED) is 0.903. The van der Waals surface area contributed by atoms with Gasteiger partial charge < -0.3 is 5.11 Å². The van der Waals surface area contributed by atoms with E-state index in [1.165, 1.54) is 4.68 Å². The SMILES string of the molecule is CCc1c(C(=O)O)nnn1-c1c(Cl)cc(Br)cc1Cl. The first-order valence-electron chi connectivity index (χ1n) is 5.28. The van der Waals surface area contributed by atoms with E-state index >= 15 is 0 Å². The summed E-state index contributed by atoms with van der Waals surface area (Å²) in [5.41, 5.74) is 0.763. The van der Waals surface area contributed by atoms with Crippen molar-refractivity contribution in [2.45, 2.75) is 13.3 Å². The molecule has 0 aliphatic heterocycles. The molecular formula is C11H8BrCl2N3O2. The lowest BCUT2D eigenvalue weighted by Crippen LogP contribution is -2.06. The molecule has 2 aromatic rings. The van der Waals surface area contributed by atoms with Gasteiger partial charge in [0.1, 0.15) is 5.69 Å². The van der Waals surface area contributed by atoms with E-state index in [0.29, 0.717) is 27.8 Å². The van der Waals surface area contributed by atoms with Crippen molar-refractivity contribution in [2.24, 2.45) is 0 Å². The molecule has 100 valence electrons. The summed E-state index contributed by atoms with van der Waals surface area (Å²) in [6, 6.07) is 3.31. The lowest BCUT2D eigenvalue weighted by Gasteiger charge is -2.10. The zero-order chi connectivity index (χ0) is 14.2. The van der Waals surface area contributed by atoms with E-state index in [0.717, 1.165) is 4.47 Å². The molecule has 0 radical (unpaired) electrons. The van der Waals surface area contributed by atoms with Gasteiger partial charge in [0.15, 0.2) is 5.69 Å². The van der Waals surface area contributed by atoms with Crippen molar-refractivity contribution >= 4 is 45.1 Å². The van der Waals surface area contributed by atoms with Crippen LogP contribution < -0.4 is 0 Å². The second-order valence-corrected chi connectivity index (χ2v) is 5.40. The predicted octanol–water partition coefficient (Wildman–Crippen LogP) is 3.60. The molecule has 0 aliphatic carbocycles. The molecule has 5 nitrogen and oxygen atoms in total. The van der Waals surface area contributed by atoms with Crippen LogP contribution in [0.4, 0.5) is 0 Å². The summed E-state index contributed by atoms with van der Waals surface area (Å²) in [7, 11) is 0. The molecule has 0 unspecified atom stereocenters. The Morgan fingerprint density at radius 1 is 1.42 bits per heavy atom. The number of rotatable bonds is 3. The van der Waals surface area contributed by atoms with Crippen LogP contribution >= 0.6 is 39.1 Å². The van der Waals surface area contributed by atoms with Gasteiger partial charge in [0, 0.05) is 4.47 Å². The van der Waals surface area contributed by atoms with Crippen molar-refractivity contribution in [1.82, 2.24) is 15.0 Å². The van der Waals surface area contributed by atoms with Crippen molar-refractivity contribution in [3.8, 4) is 5.69 Å². The summed E-state index contributed by atoms with van der Waals surface area (Å²) in [6.07, 6.45) is 0.442. The zero-order valence-corrected chi connectivity index (χ0v) is 12.8. The molecule has 2 rings (SSSR count). The average molecular weight is 365 g/mol. The van der Waals surface area contributed by atoms with Crippen molar-refractivity contribution in [3.05, 3.63) is 38.0 Å². The lowest BCUT2D eigenvalue weighted by atomic mass is 10.2. The van der Waals surface area contributed by atoms with Gasteiger partial charge in [-0.3, -0.25) is 0 Å². The van der Waals surface area contributed by atoms with Crippen LogP contribution in [0.3, 0.4) is 0 Å². The Kier molecular flexibility index (Phi) is 4.13. The van der Waals surface area contributed by atoms with E-state index in [1.807, 2.05) is 6.92 Å². The Morgan fingerprint density at radius 3 is 2.47 bits per heavy atom. The van der Waals surface area contributed by atoms with E-state index in [4.69, 9.17) is 28.3 Å². The van der Waals surface area contributed by atoms with E-state index in [-0.39, 0.29) is 5.69 Å². The van der Waals surface area contributed by atoms with Crippen LogP contribution in [-0.4, -0.2) is 26.1 Å². The molecule has 0 aliphatic rings. The number of carbonyl (C=O) groups is 1. The molecule has 1 heterocycles. The van der Waals surface area contributed by atoms with Crippen LogP contribution in [0, 0.1) is 0 Å². The number of carboxylic acid groups (broad SMARTS) is 1. The molecule has 19 heavy (non-hydrogen) atoms. The molecule has 0 atom stereocenters. The van der Waals surface area contributed by atoms with Gasteiger partial charge in [-0.2, -0.15) is 0 Å². The van der Waals surface area contributed by atoms with Crippen LogP contribution in [0.2, 0.25) is 10.0 Å². The topological polar surface area (TPSA) is 68.0 Å². The van der Waals surface area contributed by atoms with Gasteiger partial charge in [0.25, 0.3) is 0 Å². The fourth-order valence-corrected chi connectivity index (χ4v) is 3.07. The number of hydrogen-bond acceptors (Lipinski definition) is 3. The number of nitrogens with zero attached hydrogens (tertiary/aromatic N) is 3. The Labute approximate surface area is 127 Å². The molecular weight excluding hydrogens is 357 g/mol. The molecule has 0 fully saturated rings. The summed E-state index contributed by atoms with van der Waals surface area (Å²) in [4.78, 5) is 11.1. The maximum absolute atomic E-state index is 11.1. The maximum atomic E-state index is 11.1. The van der Waals surface area contributed by atoms with Gasteiger partial charge in [0.05, 0.1) is 15.7 Å². The third-order valence-corrected chi connectivity index (χ3v) is 3.53. The summed E-state index contributed by atoms with van der Waals surface area (Å²) < 4.78 is 2.09. The summed E-state index contributed by atoms with van der Waals surface area (Å²) in [6.45, 7) is 1.81. The standard InChI is InChI=1S/C11H8BrCl2N3O2/c1-2-8-9(11(18)19)15-16-17(8)10-6(13)3-5(12)4-7(10)14/h3-4H,2H2,1H3,(H,18,19). The minimum atomic E-state index is -1.13. The second-order valence-electron chi connectivity index (χ2n) is 3.67.